The molecular formula is C18H22OS. The van der Waals surface area contributed by atoms with Gasteiger partial charge in [-0.3, -0.25) is 0 Å². The average Bonchev–Trinajstić information content (AvgIpc) is 3.07. The maximum atomic E-state index is 10.5. The van der Waals surface area contributed by atoms with Crippen LogP contribution >= 0.6 is 11.3 Å². The number of fused-ring (bicyclic) bond motifs is 1. The molecule has 0 fully saturated rings. The van der Waals surface area contributed by atoms with Crippen LogP contribution in [0.5, 0.6) is 0 Å². The zero-order chi connectivity index (χ0) is 14.1. The van der Waals surface area contributed by atoms with Gasteiger partial charge in [-0.05, 0) is 54.4 Å². The Morgan fingerprint density at radius 3 is 2.50 bits per heavy atom. The average molecular weight is 286 g/mol. The van der Waals surface area contributed by atoms with Gasteiger partial charge in [0.2, 0.25) is 0 Å². The lowest BCUT2D eigenvalue weighted by Gasteiger charge is -2.13. The fraction of sp³-hybridized carbons (Fsp3) is 0.444. The molecule has 2 atom stereocenters. The topological polar surface area (TPSA) is 20.2 Å². The van der Waals surface area contributed by atoms with Gasteiger partial charge in [-0.2, -0.15) is 0 Å². The maximum absolute atomic E-state index is 10.5. The molecule has 2 heteroatoms. The molecular weight excluding hydrogens is 264 g/mol. The van der Waals surface area contributed by atoms with E-state index in [2.05, 4.69) is 44.2 Å². The molecule has 2 aromatic rings. The molecule has 1 aliphatic rings. The summed E-state index contributed by atoms with van der Waals surface area (Å²) in [5.74, 6) is 0.590. The highest BCUT2D eigenvalue weighted by Gasteiger charge is 2.19. The maximum Gasteiger partial charge on any atom is 0.113 e. The first-order valence-electron chi connectivity index (χ1n) is 7.58. The molecule has 0 saturated carbocycles. The molecule has 0 bridgehead atoms. The quantitative estimate of drug-likeness (QED) is 0.853. The molecule has 3 rings (SSSR count). The molecule has 1 aromatic heterocycles. The van der Waals surface area contributed by atoms with E-state index in [0.29, 0.717) is 5.92 Å². The number of hydrogen-bond donors (Lipinski definition) is 1. The number of thiophene rings is 1. The zero-order valence-electron chi connectivity index (χ0n) is 12.2. The van der Waals surface area contributed by atoms with Gasteiger partial charge in [-0.25, -0.2) is 0 Å². The van der Waals surface area contributed by atoms with E-state index in [4.69, 9.17) is 0 Å². The summed E-state index contributed by atoms with van der Waals surface area (Å²) in [6, 6.07) is 10.7. The molecule has 2 unspecified atom stereocenters. The molecule has 0 spiro atoms. The molecule has 20 heavy (non-hydrogen) atoms. The van der Waals surface area contributed by atoms with Crippen LogP contribution in [0.25, 0.3) is 0 Å². The van der Waals surface area contributed by atoms with Gasteiger partial charge in [0.1, 0.15) is 6.10 Å². The smallest absolute Gasteiger partial charge is 0.113 e. The molecule has 0 radical (unpaired) electrons. The van der Waals surface area contributed by atoms with Crippen molar-refractivity contribution in [1.82, 2.24) is 0 Å². The van der Waals surface area contributed by atoms with Gasteiger partial charge in [0.15, 0.2) is 0 Å². The summed E-state index contributed by atoms with van der Waals surface area (Å²) in [6.45, 7) is 4.45. The summed E-state index contributed by atoms with van der Waals surface area (Å²) in [4.78, 5) is 2.58. The highest BCUT2D eigenvalue weighted by atomic mass is 32.1. The summed E-state index contributed by atoms with van der Waals surface area (Å²) in [5, 5.41) is 10.5. The van der Waals surface area contributed by atoms with E-state index in [1.165, 1.54) is 35.3 Å². The van der Waals surface area contributed by atoms with Gasteiger partial charge in [0.25, 0.3) is 0 Å². The number of aliphatic hydroxyl groups excluding tert-OH is 1. The van der Waals surface area contributed by atoms with Gasteiger partial charge >= 0.3 is 0 Å². The highest BCUT2D eigenvalue weighted by molar-refractivity contribution is 7.12. The summed E-state index contributed by atoms with van der Waals surface area (Å²) in [5.41, 5.74) is 3.83. The monoisotopic (exact) mass is 286 g/mol. The molecule has 1 nitrogen and oxygen atoms in total. The second-order valence-corrected chi connectivity index (χ2v) is 7.00. The van der Waals surface area contributed by atoms with Crippen LogP contribution in [0.2, 0.25) is 0 Å². The van der Waals surface area contributed by atoms with E-state index in [1.54, 1.807) is 11.3 Å². The third-order valence-electron chi connectivity index (χ3n) is 4.47. The third kappa shape index (κ3) is 2.55. The van der Waals surface area contributed by atoms with Crippen molar-refractivity contribution in [2.24, 2.45) is 0 Å². The van der Waals surface area contributed by atoms with E-state index in [1.807, 2.05) is 0 Å². The second kappa shape index (κ2) is 5.71. The Labute approximate surface area is 125 Å². The minimum absolute atomic E-state index is 0.461. The Morgan fingerprint density at radius 2 is 1.85 bits per heavy atom. The summed E-state index contributed by atoms with van der Waals surface area (Å²) >= 11 is 1.79. The predicted octanol–water partition coefficient (Wildman–Crippen LogP) is 4.83. The van der Waals surface area contributed by atoms with E-state index in [-0.39, 0.29) is 0 Å². The van der Waals surface area contributed by atoms with E-state index < -0.39 is 6.10 Å². The van der Waals surface area contributed by atoms with Gasteiger partial charge in [0.05, 0.1) is 0 Å². The first kappa shape index (κ1) is 13.8. The molecule has 106 valence electrons. The summed E-state index contributed by atoms with van der Waals surface area (Å²) in [6.07, 6.45) is 4.35. The summed E-state index contributed by atoms with van der Waals surface area (Å²) in [7, 11) is 0. The van der Waals surface area contributed by atoms with Crippen molar-refractivity contribution in [2.45, 2.75) is 51.6 Å². The van der Waals surface area contributed by atoms with Crippen LogP contribution in [0, 0.1) is 0 Å². The largest absolute Gasteiger partial charge is 0.383 e. The zero-order valence-corrected chi connectivity index (χ0v) is 13.0. The summed E-state index contributed by atoms with van der Waals surface area (Å²) < 4.78 is 0. The number of aliphatic hydroxyl groups is 1. The van der Waals surface area contributed by atoms with Crippen LogP contribution in [0.4, 0.5) is 0 Å². The van der Waals surface area contributed by atoms with E-state index in [9.17, 15) is 5.11 Å². The third-order valence-corrected chi connectivity index (χ3v) is 5.76. The van der Waals surface area contributed by atoms with Crippen LogP contribution in [-0.4, -0.2) is 5.11 Å². The molecule has 1 heterocycles. The highest BCUT2D eigenvalue weighted by Crippen LogP contribution is 2.36. The first-order chi connectivity index (χ1) is 9.69. The Kier molecular flexibility index (Phi) is 3.95. The van der Waals surface area contributed by atoms with Crippen LogP contribution < -0.4 is 0 Å². The fourth-order valence-corrected chi connectivity index (χ4v) is 4.17. The molecule has 0 aliphatic heterocycles. The van der Waals surface area contributed by atoms with E-state index in [0.717, 1.165) is 16.9 Å². The van der Waals surface area contributed by atoms with Gasteiger partial charge in [-0.15, -0.1) is 11.3 Å². The minimum Gasteiger partial charge on any atom is -0.383 e. The molecule has 0 amide bonds. The fourth-order valence-electron chi connectivity index (χ4n) is 2.89. The van der Waals surface area contributed by atoms with Crippen LogP contribution in [0.3, 0.4) is 0 Å². The van der Waals surface area contributed by atoms with Crippen molar-refractivity contribution in [1.29, 1.82) is 0 Å². The molecule has 1 aromatic carbocycles. The standard InChI is InChI=1S/C18H22OS/c1-3-12(2)13-7-9-14(10-8-13)18(19)17-11-15-5-4-6-16(15)20-17/h7-12,18-19H,3-6H2,1-2H3. The molecule has 1 N–H and O–H groups in total. The molecule has 1 aliphatic carbocycles. The number of benzene rings is 1. The Hall–Kier alpha value is -1.12. The lowest BCUT2D eigenvalue weighted by molar-refractivity contribution is 0.224. The minimum atomic E-state index is -0.461. The van der Waals surface area contributed by atoms with Crippen molar-refractivity contribution in [2.75, 3.05) is 0 Å². The van der Waals surface area contributed by atoms with Crippen molar-refractivity contribution >= 4 is 11.3 Å². The second-order valence-electron chi connectivity index (χ2n) is 5.83. The lowest BCUT2D eigenvalue weighted by Crippen LogP contribution is -1.98. The van der Waals surface area contributed by atoms with Crippen LogP contribution in [0.1, 0.15) is 65.2 Å². The van der Waals surface area contributed by atoms with E-state index >= 15 is 0 Å². The molecule has 0 saturated heterocycles. The van der Waals surface area contributed by atoms with Gasteiger partial charge < -0.3 is 5.11 Å². The van der Waals surface area contributed by atoms with Gasteiger partial charge in [0, 0.05) is 9.75 Å². The Morgan fingerprint density at radius 1 is 1.15 bits per heavy atom. The lowest BCUT2D eigenvalue weighted by atomic mass is 9.96. The normalized spacial score (nSPS) is 16.9. The van der Waals surface area contributed by atoms with Crippen molar-refractivity contribution in [3.05, 3.63) is 56.8 Å². The SMILES string of the molecule is CCC(C)c1ccc(C(O)c2cc3c(s2)CCC3)cc1. The Balaban J connectivity index is 1.81. The van der Waals surface area contributed by atoms with Crippen molar-refractivity contribution in [3.63, 3.8) is 0 Å². The first-order valence-corrected chi connectivity index (χ1v) is 8.40. The van der Waals surface area contributed by atoms with Crippen LogP contribution in [0.15, 0.2) is 30.3 Å². The number of rotatable bonds is 4. The Bertz CT molecular complexity index is 560. The number of aryl methyl sites for hydroxylation is 2. The van der Waals surface area contributed by atoms with Crippen molar-refractivity contribution in [3.8, 4) is 0 Å². The number of hydrogen-bond acceptors (Lipinski definition) is 2. The van der Waals surface area contributed by atoms with Gasteiger partial charge in [-0.1, -0.05) is 38.1 Å². The van der Waals surface area contributed by atoms with Crippen LogP contribution in [-0.2, 0) is 12.8 Å². The predicted molar refractivity (Wildman–Crippen MR) is 85.6 cm³/mol. The van der Waals surface area contributed by atoms with Crippen molar-refractivity contribution < 1.29 is 5.11 Å².